The normalized spacial score (nSPS) is 12.1. The van der Waals surface area contributed by atoms with Crippen LogP contribution in [0.5, 0.6) is 0 Å². The molecule has 0 saturated carbocycles. The van der Waals surface area contributed by atoms with Crippen LogP contribution >= 0.6 is 11.6 Å². The molecule has 0 amide bonds. The van der Waals surface area contributed by atoms with Crippen molar-refractivity contribution in [2.45, 2.75) is 44.9 Å². The van der Waals surface area contributed by atoms with Gasteiger partial charge in [-0.1, -0.05) is 30.2 Å². The van der Waals surface area contributed by atoms with Crippen molar-refractivity contribution in [2.24, 2.45) is 7.05 Å². The van der Waals surface area contributed by atoms with E-state index in [1.807, 2.05) is 0 Å². The lowest BCUT2D eigenvalue weighted by Gasteiger charge is -2.10. The van der Waals surface area contributed by atoms with Gasteiger partial charge in [0.2, 0.25) is 0 Å². The third-order valence-corrected chi connectivity index (χ3v) is 5.55. The number of benzene rings is 1. The Morgan fingerprint density at radius 2 is 1.91 bits per heavy atom. The number of aromatic nitrogens is 6. The number of Topliss-reactive ketones (excluding diaryl/α,β-unsaturated/α-hetero) is 1. The van der Waals surface area contributed by atoms with Gasteiger partial charge in [0.1, 0.15) is 6.10 Å². The van der Waals surface area contributed by atoms with Crippen LogP contribution in [0, 0.1) is 0 Å². The van der Waals surface area contributed by atoms with E-state index in [1.165, 1.54) is 22.6 Å². The molecule has 0 fully saturated rings. The molecule has 34 heavy (non-hydrogen) atoms. The van der Waals surface area contributed by atoms with Gasteiger partial charge < -0.3 is 9.84 Å². The second-order valence-electron chi connectivity index (χ2n) is 7.87. The highest BCUT2D eigenvalue weighted by atomic mass is 35.5. The van der Waals surface area contributed by atoms with Crippen molar-refractivity contribution in [3.63, 3.8) is 0 Å². The topological polar surface area (TPSA) is 134 Å². The number of carbonyl (C=O) groups excluding carboxylic acids is 1. The number of methoxy groups -OCH3 is 1. The molecule has 3 aromatic rings. The minimum Gasteiger partial charge on any atom is -0.386 e. The van der Waals surface area contributed by atoms with Gasteiger partial charge in [0, 0.05) is 38.4 Å². The van der Waals surface area contributed by atoms with E-state index in [0.717, 1.165) is 17.4 Å². The molecule has 3 rings (SSSR count). The number of nitrogens with zero attached hydrogens (tertiary/aromatic N) is 6. The zero-order valence-corrected chi connectivity index (χ0v) is 19.8. The SMILES string of the molecule is COCCCCCC(=O)c1cn(Cc2nnn(C[C@H](O)c3ccc(Cl)cc3)n2)c(=O)n(C)c1=O. The molecule has 2 heterocycles. The second kappa shape index (κ2) is 11.8. The number of tetrazole rings is 1. The fourth-order valence-electron chi connectivity index (χ4n) is 3.39. The first kappa shape index (κ1) is 25.5. The molecule has 2 aromatic heterocycles. The van der Waals surface area contributed by atoms with Gasteiger partial charge in [-0.2, -0.15) is 4.80 Å². The van der Waals surface area contributed by atoms with Crippen LogP contribution < -0.4 is 11.2 Å². The molecule has 0 aliphatic carbocycles. The zero-order chi connectivity index (χ0) is 24.7. The number of rotatable bonds is 12. The van der Waals surface area contributed by atoms with Crippen molar-refractivity contribution < 1.29 is 14.6 Å². The molecular formula is C22H27ClN6O5. The van der Waals surface area contributed by atoms with Crippen LogP contribution in [0.4, 0.5) is 0 Å². The summed E-state index contributed by atoms with van der Waals surface area (Å²) in [5, 5.41) is 23.0. The van der Waals surface area contributed by atoms with Crippen LogP contribution in [0.1, 0.15) is 53.5 Å². The molecule has 12 heteroatoms. The Hall–Kier alpha value is -3.15. The molecule has 182 valence electrons. The summed E-state index contributed by atoms with van der Waals surface area (Å²) in [5.74, 6) is -0.128. The molecule has 0 bridgehead atoms. The Morgan fingerprint density at radius 1 is 1.18 bits per heavy atom. The average molecular weight is 491 g/mol. The number of aliphatic hydroxyl groups excluding tert-OH is 1. The summed E-state index contributed by atoms with van der Waals surface area (Å²) in [4.78, 5) is 38.9. The molecule has 0 radical (unpaired) electrons. The highest BCUT2D eigenvalue weighted by molar-refractivity contribution is 6.30. The average Bonchev–Trinajstić information content (AvgIpc) is 3.26. The smallest absolute Gasteiger partial charge is 0.331 e. The summed E-state index contributed by atoms with van der Waals surface area (Å²) in [6, 6.07) is 6.74. The molecule has 1 aromatic carbocycles. The molecule has 0 saturated heterocycles. The summed E-state index contributed by atoms with van der Waals surface area (Å²) >= 11 is 5.87. The quantitative estimate of drug-likeness (QED) is 0.297. The molecule has 0 spiro atoms. The third-order valence-electron chi connectivity index (χ3n) is 5.30. The molecule has 0 unspecified atom stereocenters. The van der Waals surface area contributed by atoms with E-state index in [2.05, 4.69) is 15.4 Å². The minimum absolute atomic E-state index is 0.0453. The maximum absolute atomic E-state index is 12.6. The molecule has 1 atom stereocenters. The van der Waals surface area contributed by atoms with Crippen LogP contribution in [-0.2, 0) is 24.9 Å². The van der Waals surface area contributed by atoms with Crippen LogP contribution in [0.15, 0.2) is 40.1 Å². The third kappa shape index (κ3) is 6.46. The van der Waals surface area contributed by atoms with E-state index < -0.39 is 17.4 Å². The number of halogens is 1. The Labute approximate surface area is 200 Å². The lowest BCUT2D eigenvalue weighted by atomic mass is 10.1. The van der Waals surface area contributed by atoms with Crippen molar-refractivity contribution in [3.8, 4) is 0 Å². The van der Waals surface area contributed by atoms with Crippen molar-refractivity contribution in [1.29, 1.82) is 0 Å². The molecule has 0 aliphatic heterocycles. The van der Waals surface area contributed by atoms with Crippen LogP contribution in [0.3, 0.4) is 0 Å². The van der Waals surface area contributed by atoms with E-state index in [9.17, 15) is 19.5 Å². The van der Waals surface area contributed by atoms with Crippen LogP contribution in [0.2, 0.25) is 5.02 Å². The van der Waals surface area contributed by atoms with Crippen molar-refractivity contribution in [3.05, 3.63) is 73.3 Å². The summed E-state index contributed by atoms with van der Waals surface area (Å²) in [5.41, 5.74) is -0.646. The summed E-state index contributed by atoms with van der Waals surface area (Å²) in [6.45, 7) is 0.576. The van der Waals surface area contributed by atoms with Gasteiger partial charge in [0.25, 0.3) is 5.56 Å². The van der Waals surface area contributed by atoms with Gasteiger partial charge in [0.15, 0.2) is 11.6 Å². The molecule has 11 nitrogen and oxygen atoms in total. The molecule has 0 aliphatic rings. The van der Waals surface area contributed by atoms with Gasteiger partial charge in [-0.25, -0.2) is 4.79 Å². The predicted octanol–water partition coefficient (Wildman–Crippen LogP) is 1.36. The highest BCUT2D eigenvalue weighted by Gasteiger charge is 2.17. The lowest BCUT2D eigenvalue weighted by molar-refractivity contribution is 0.0974. The number of hydrogen-bond donors (Lipinski definition) is 1. The number of ketones is 1. The summed E-state index contributed by atoms with van der Waals surface area (Å²) in [6.07, 6.45) is 2.83. The second-order valence-corrected chi connectivity index (χ2v) is 8.31. The Morgan fingerprint density at radius 3 is 2.62 bits per heavy atom. The first-order valence-corrected chi connectivity index (χ1v) is 11.2. The van der Waals surface area contributed by atoms with E-state index >= 15 is 0 Å². The standard InChI is InChI=1S/C22H27ClN6O5/c1-27-21(32)17(18(30)6-4-3-5-11-34-2)12-28(22(27)33)14-20-24-26-29(25-20)13-19(31)15-7-9-16(23)10-8-15/h7-10,12,19,31H,3-6,11,13-14H2,1-2H3/t19-/m0/s1. The van der Waals surface area contributed by atoms with Crippen molar-refractivity contribution in [2.75, 3.05) is 13.7 Å². The predicted molar refractivity (Wildman–Crippen MR) is 124 cm³/mol. The van der Waals surface area contributed by atoms with Crippen molar-refractivity contribution >= 4 is 17.4 Å². The van der Waals surface area contributed by atoms with E-state index in [1.54, 1.807) is 31.4 Å². The van der Waals surface area contributed by atoms with Gasteiger partial charge in [-0.05, 0) is 35.8 Å². The molecular weight excluding hydrogens is 464 g/mol. The minimum atomic E-state index is -0.882. The van der Waals surface area contributed by atoms with Crippen LogP contribution in [-0.4, -0.2) is 53.9 Å². The van der Waals surface area contributed by atoms with E-state index in [4.69, 9.17) is 16.3 Å². The molecule has 1 N–H and O–H groups in total. The Bertz CT molecular complexity index is 1230. The van der Waals surface area contributed by atoms with Gasteiger partial charge in [-0.15, -0.1) is 10.2 Å². The first-order chi connectivity index (χ1) is 16.3. The number of hydrogen-bond acceptors (Lipinski definition) is 8. The van der Waals surface area contributed by atoms with E-state index in [-0.39, 0.29) is 36.7 Å². The van der Waals surface area contributed by atoms with Gasteiger partial charge >= 0.3 is 5.69 Å². The van der Waals surface area contributed by atoms with Gasteiger partial charge in [-0.3, -0.25) is 18.7 Å². The van der Waals surface area contributed by atoms with Gasteiger partial charge in [0.05, 0.1) is 18.7 Å². The number of unbranched alkanes of at least 4 members (excludes halogenated alkanes) is 2. The Kier molecular flexibility index (Phi) is 8.85. The zero-order valence-electron chi connectivity index (χ0n) is 19.1. The maximum Gasteiger partial charge on any atom is 0.331 e. The summed E-state index contributed by atoms with van der Waals surface area (Å²) < 4.78 is 7.09. The monoisotopic (exact) mass is 490 g/mol. The lowest BCUT2D eigenvalue weighted by Crippen LogP contribution is -2.40. The fraction of sp³-hybridized carbons (Fsp3) is 0.455. The van der Waals surface area contributed by atoms with Crippen molar-refractivity contribution in [1.82, 2.24) is 29.3 Å². The Balaban J connectivity index is 1.71. The fourth-order valence-corrected chi connectivity index (χ4v) is 3.51. The number of carbonyl (C=O) groups is 1. The largest absolute Gasteiger partial charge is 0.386 e. The highest BCUT2D eigenvalue weighted by Crippen LogP contribution is 2.17. The summed E-state index contributed by atoms with van der Waals surface area (Å²) in [7, 11) is 2.94. The number of ether oxygens (including phenoxy) is 1. The van der Waals surface area contributed by atoms with E-state index in [0.29, 0.717) is 23.6 Å². The first-order valence-electron chi connectivity index (χ1n) is 10.8. The number of aliphatic hydroxyl groups is 1. The maximum atomic E-state index is 12.6. The van der Waals surface area contributed by atoms with Crippen LogP contribution in [0.25, 0.3) is 0 Å².